The average Bonchev–Trinajstić information content (AvgIpc) is 2.89. The maximum atomic E-state index is 11.7. The van der Waals surface area contributed by atoms with Crippen molar-refractivity contribution in [3.8, 4) is 17.7 Å². The first-order valence-electron chi connectivity index (χ1n) is 6.79. The van der Waals surface area contributed by atoms with Gasteiger partial charge in [-0.15, -0.1) is 0 Å². The number of nitrogens with one attached hydrogen (secondary N) is 1. The Morgan fingerprint density at radius 1 is 1.26 bits per heavy atom. The van der Waals surface area contributed by atoms with Gasteiger partial charge in [0.2, 0.25) is 0 Å². The quantitative estimate of drug-likeness (QED) is 0.548. The van der Waals surface area contributed by atoms with Gasteiger partial charge in [-0.25, -0.2) is 9.97 Å². The summed E-state index contributed by atoms with van der Waals surface area (Å²) >= 11 is 5.82. The Kier molecular flexibility index (Phi) is 3.96. The Bertz CT molecular complexity index is 993. The van der Waals surface area contributed by atoms with Crippen molar-refractivity contribution in [1.82, 2.24) is 24.5 Å². The van der Waals surface area contributed by atoms with Gasteiger partial charge in [0, 0.05) is 18.0 Å². The second kappa shape index (κ2) is 6.07. The number of hydrogen-bond acceptors (Lipinski definition) is 4. The summed E-state index contributed by atoms with van der Waals surface area (Å²) in [4.78, 5) is 26.8. The van der Waals surface area contributed by atoms with Crippen LogP contribution in [-0.4, -0.2) is 24.5 Å². The monoisotopic (exact) mass is 325 g/mol. The molecule has 0 radical (unpaired) electrons. The van der Waals surface area contributed by atoms with Crippen LogP contribution in [0.15, 0.2) is 35.5 Å². The molecule has 0 aliphatic heterocycles. The molecule has 0 spiro atoms. The number of aromatic nitrogens is 5. The molecule has 3 rings (SSSR count). The van der Waals surface area contributed by atoms with Crippen molar-refractivity contribution < 1.29 is 0 Å². The fourth-order valence-corrected chi connectivity index (χ4v) is 2.15. The summed E-state index contributed by atoms with van der Waals surface area (Å²) in [7, 11) is 0. The Morgan fingerprint density at radius 2 is 2.09 bits per heavy atom. The highest BCUT2D eigenvalue weighted by Gasteiger charge is 2.06. The molecule has 0 saturated carbocycles. The average molecular weight is 326 g/mol. The highest BCUT2D eigenvalue weighted by atomic mass is 35.5. The number of hydrogen-bond donors (Lipinski definition) is 1. The molecule has 3 aromatic heterocycles. The van der Waals surface area contributed by atoms with Gasteiger partial charge in [-0.2, -0.15) is 0 Å². The largest absolute Gasteiger partial charge is 0.305 e. The van der Waals surface area contributed by atoms with Crippen LogP contribution >= 0.6 is 11.6 Å². The zero-order chi connectivity index (χ0) is 16.4. The lowest BCUT2D eigenvalue weighted by Crippen LogP contribution is -2.15. The number of pyridine rings is 1. The Balaban J connectivity index is 1.95. The molecule has 0 aliphatic carbocycles. The Hall–Kier alpha value is -2.91. The van der Waals surface area contributed by atoms with Gasteiger partial charge in [-0.3, -0.25) is 14.3 Å². The Morgan fingerprint density at radius 3 is 2.83 bits per heavy atom. The lowest BCUT2D eigenvalue weighted by molar-refractivity contribution is 0.895. The van der Waals surface area contributed by atoms with E-state index in [0.29, 0.717) is 28.2 Å². The van der Waals surface area contributed by atoms with E-state index in [9.17, 15) is 4.79 Å². The van der Waals surface area contributed by atoms with E-state index < -0.39 is 0 Å². The van der Waals surface area contributed by atoms with Crippen LogP contribution in [-0.2, 0) is 0 Å². The van der Waals surface area contributed by atoms with Gasteiger partial charge in [0.15, 0.2) is 0 Å². The number of H-pyrrole nitrogens is 1. The summed E-state index contributed by atoms with van der Waals surface area (Å²) in [5, 5.41) is 0.391. The standard InChI is InChI=1S/C16H12ClN5O/c1-10-16(23)21-15(8-19-10)22-9-13(20-11(22)2)4-3-12-5-6-18-14(17)7-12/h5-9H,1-2H3,(H,21,23). The van der Waals surface area contributed by atoms with E-state index in [1.807, 2.05) is 6.92 Å². The first-order chi connectivity index (χ1) is 11.0. The summed E-state index contributed by atoms with van der Waals surface area (Å²) in [5.74, 6) is 7.19. The minimum atomic E-state index is -0.227. The van der Waals surface area contributed by atoms with Crippen LogP contribution < -0.4 is 5.56 Å². The van der Waals surface area contributed by atoms with Crippen LogP contribution in [0.5, 0.6) is 0 Å². The molecular weight excluding hydrogens is 314 g/mol. The van der Waals surface area contributed by atoms with Crippen LogP contribution in [0.25, 0.3) is 5.82 Å². The molecule has 0 amide bonds. The smallest absolute Gasteiger partial charge is 0.270 e. The van der Waals surface area contributed by atoms with Crippen molar-refractivity contribution in [1.29, 1.82) is 0 Å². The van der Waals surface area contributed by atoms with Crippen molar-refractivity contribution in [3.05, 3.63) is 69.0 Å². The SMILES string of the molecule is Cc1ncc(-n2cc(C#Cc3ccnc(Cl)c3)nc2C)[nH]c1=O. The van der Waals surface area contributed by atoms with Gasteiger partial charge in [0.05, 0.1) is 6.20 Å². The number of rotatable bonds is 1. The topological polar surface area (TPSA) is 76.5 Å². The summed E-state index contributed by atoms with van der Waals surface area (Å²) < 4.78 is 1.73. The third-order valence-electron chi connectivity index (χ3n) is 3.15. The molecule has 114 valence electrons. The maximum Gasteiger partial charge on any atom is 0.270 e. The summed E-state index contributed by atoms with van der Waals surface area (Å²) in [6.45, 7) is 3.48. The molecule has 0 bridgehead atoms. The first kappa shape index (κ1) is 15.0. The molecule has 3 heterocycles. The minimum Gasteiger partial charge on any atom is -0.305 e. The van der Waals surface area contributed by atoms with Gasteiger partial charge >= 0.3 is 0 Å². The van der Waals surface area contributed by atoms with Gasteiger partial charge in [0.1, 0.15) is 28.2 Å². The van der Waals surface area contributed by atoms with Gasteiger partial charge in [0.25, 0.3) is 5.56 Å². The van der Waals surface area contributed by atoms with Crippen molar-refractivity contribution >= 4 is 11.6 Å². The summed E-state index contributed by atoms with van der Waals surface area (Å²) in [5.41, 5.74) is 1.52. The van der Waals surface area contributed by atoms with Crippen molar-refractivity contribution in [2.45, 2.75) is 13.8 Å². The van der Waals surface area contributed by atoms with E-state index in [1.54, 1.807) is 42.2 Å². The van der Waals surface area contributed by atoms with E-state index in [2.05, 4.69) is 31.8 Å². The van der Waals surface area contributed by atoms with E-state index in [-0.39, 0.29) is 5.56 Å². The second-order valence-corrected chi connectivity index (χ2v) is 5.23. The minimum absolute atomic E-state index is 0.227. The zero-order valence-corrected chi connectivity index (χ0v) is 13.2. The zero-order valence-electron chi connectivity index (χ0n) is 12.5. The number of imidazole rings is 1. The van der Waals surface area contributed by atoms with Crippen LogP contribution in [0, 0.1) is 25.7 Å². The molecular formula is C16H12ClN5O. The molecule has 0 fully saturated rings. The third-order valence-corrected chi connectivity index (χ3v) is 3.36. The van der Waals surface area contributed by atoms with E-state index in [0.717, 1.165) is 5.56 Å². The molecule has 7 heteroatoms. The molecule has 6 nitrogen and oxygen atoms in total. The van der Waals surface area contributed by atoms with Gasteiger partial charge < -0.3 is 4.98 Å². The van der Waals surface area contributed by atoms with Crippen molar-refractivity contribution in [3.63, 3.8) is 0 Å². The van der Waals surface area contributed by atoms with Crippen LogP contribution in [0.1, 0.15) is 22.8 Å². The summed E-state index contributed by atoms with van der Waals surface area (Å²) in [6, 6.07) is 3.45. The van der Waals surface area contributed by atoms with E-state index in [4.69, 9.17) is 11.6 Å². The molecule has 0 atom stereocenters. The molecule has 3 aromatic rings. The van der Waals surface area contributed by atoms with Crippen LogP contribution in [0.4, 0.5) is 0 Å². The molecule has 0 aromatic carbocycles. The number of halogens is 1. The number of nitrogens with zero attached hydrogens (tertiary/aromatic N) is 4. The molecule has 0 aliphatic rings. The highest BCUT2D eigenvalue weighted by molar-refractivity contribution is 6.29. The fourth-order valence-electron chi connectivity index (χ4n) is 1.97. The lowest BCUT2D eigenvalue weighted by Gasteiger charge is -2.03. The normalized spacial score (nSPS) is 10.2. The molecule has 23 heavy (non-hydrogen) atoms. The highest BCUT2D eigenvalue weighted by Crippen LogP contribution is 2.09. The number of aromatic amines is 1. The molecule has 0 unspecified atom stereocenters. The van der Waals surface area contributed by atoms with Gasteiger partial charge in [-0.05, 0) is 31.9 Å². The predicted octanol–water partition coefficient (Wildman–Crippen LogP) is 2.02. The third kappa shape index (κ3) is 3.30. The lowest BCUT2D eigenvalue weighted by atomic mass is 10.3. The summed E-state index contributed by atoms with van der Waals surface area (Å²) in [6.07, 6.45) is 4.93. The molecule has 0 saturated heterocycles. The Labute approximate surface area is 137 Å². The van der Waals surface area contributed by atoms with E-state index in [1.165, 1.54) is 0 Å². The predicted molar refractivity (Wildman–Crippen MR) is 86.7 cm³/mol. The fraction of sp³-hybridized carbons (Fsp3) is 0.125. The van der Waals surface area contributed by atoms with Crippen molar-refractivity contribution in [2.75, 3.05) is 0 Å². The first-order valence-corrected chi connectivity index (χ1v) is 7.16. The van der Waals surface area contributed by atoms with Crippen LogP contribution in [0.3, 0.4) is 0 Å². The van der Waals surface area contributed by atoms with Crippen molar-refractivity contribution in [2.24, 2.45) is 0 Å². The van der Waals surface area contributed by atoms with Crippen LogP contribution in [0.2, 0.25) is 5.15 Å². The van der Waals surface area contributed by atoms with Gasteiger partial charge in [-0.1, -0.05) is 17.5 Å². The van der Waals surface area contributed by atoms with E-state index >= 15 is 0 Å². The molecule has 1 N–H and O–H groups in total. The number of aryl methyl sites for hydroxylation is 2. The maximum absolute atomic E-state index is 11.7. The second-order valence-electron chi connectivity index (χ2n) is 4.84.